The number of hydrogen-bond donors (Lipinski definition) is 1. The molecule has 2 atom stereocenters. The van der Waals surface area contributed by atoms with Crippen LogP contribution in [0.25, 0.3) is 16.9 Å². The van der Waals surface area contributed by atoms with Gasteiger partial charge in [0.1, 0.15) is 11.4 Å². The van der Waals surface area contributed by atoms with E-state index in [4.69, 9.17) is 14.8 Å². The van der Waals surface area contributed by atoms with Gasteiger partial charge in [-0.2, -0.15) is 13.9 Å². The molecule has 1 saturated carbocycles. The predicted molar refractivity (Wildman–Crippen MR) is 126 cm³/mol. The molecule has 11 heteroatoms. The zero-order chi connectivity index (χ0) is 25.5. The molecule has 2 aliphatic carbocycles. The largest absolute Gasteiger partial charge is 0.434 e. The molecule has 4 aromatic rings. The summed E-state index contributed by atoms with van der Waals surface area (Å²) in [6.07, 6.45) is 7.81. The minimum Gasteiger partial charge on any atom is -0.434 e. The van der Waals surface area contributed by atoms with Gasteiger partial charge >= 0.3 is 6.61 Å². The summed E-state index contributed by atoms with van der Waals surface area (Å²) in [5.41, 5.74) is 3.17. The van der Waals surface area contributed by atoms with Gasteiger partial charge in [-0.1, -0.05) is 6.07 Å². The first kappa shape index (κ1) is 22.2. The maximum absolute atomic E-state index is 13.3. The van der Waals surface area contributed by atoms with Crippen LogP contribution in [0.1, 0.15) is 70.6 Å². The maximum Gasteiger partial charge on any atom is 0.387 e. The smallest absolute Gasteiger partial charge is 0.387 e. The molecule has 1 aromatic carbocycles. The number of amides is 1. The second-order valence-electron chi connectivity index (χ2n) is 9.88. The number of alkyl halides is 2. The number of carbonyl (C=O) groups excluding carboxylic acids is 1. The van der Waals surface area contributed by atoms with Crippen molar-refractivity contribution in [3.63, 3.8) is 0 Å². The summed E-state index contributed by atoms with van der Waals surface area (Å²) in [6.45, 7) is -3.02. The molecule has 0 radical (unpaired) electrons. The summed E-state index contributed by atoms with van der Waals surface area (Å²) < 4.78 is 33.1. The minimum atomic E-state index is -3.02. The molecule has 3 aliphatic rings. The van der Waals surface area contributed by atoms with E-state index in [0.717, 1.165) is 12.0 Å². The molecular weight excluding hydrogens is 482 g/mol. The molecule has 7 rings (SSSR count). The maximum atomic E-state index is 13.3. The lowest BCUT2D eigenvalue weighted by Crippen LogP contribution is -2.35. The summed E-state index contributed by atoms with van der Waals surface area (Å²) in [4.78, 5) is 28.5. The molecule has 2 unspecified atom stereocenters. The van der Waals surface area contributed by atoms with Gasteiger partial charge in [0.25, 0.3) is 5.91 Å². The number of aromatic nitrogens is 5. The van der Waals surface area contributed by atoms with Gasteiger partial charge in [-0.3, -0.25) is 4.79 Å². The Labute approximate surface area is 209 Å². The Kier molecular flexibility index (Phi) is 4.66. The van der Waals surface area contributed by atoms with Crippen LogP contribution >= 0.6 is 0 Å². The monoisotopic (exact) mass is 504 g/mol. The van der Waals surface area contributed by atoms with E-state index in [2.05, 4.69) is 9.97 Å². The standard InChI is InChI=1S/C26H22F2N6O3/c1-33-17-10-15(19-14(23(33)35)4-2-5-18(19)37-25(27)28)20-21(17)32-34-9-6-16(31-22(20)34)13-11-29-24(30-12-13)26(36)7-3-8-26/h2,4-6,9,11-12,15,17,25,36H,3,7-8,10H2,1H3. The number of carbonyl (C=O) groups is 1. The average Bonchev–Trinajstić information content (AvgIpc) is 3.40. The quantitative estimate of drug-likeness (QED) is 0.450. The lowest BCUT2D eigenvalue weighted by atomic mass is 9.79. The van der Waals surface area contributed by atoms with Gasteiger partial charge in [-0.05, 0) is 43.9 Å². The fraction of sp³-hybridized carbons (Fsp3) is 0.346. The second kappa shape index (κ2) is 7.75. The average molecular weight is 504 g/mol. The number of halogens is 2. The Morgan fingerprint density at radius 2 is 1.95 bits per heavy atom. The molecule has 1 amide bonds. The van der Waals surface area contributed by atoms with Gasteiger partial charge in [0, 0.05) is 53.8 Å². The zero-order valence-corrected chi connectivity index (χ0v) is 19.8. The van der Waals surface area contributed by atoms with E-state index in [1.807, 2.05) is 0 Å². The Hall–Kier alpha value is -3.99. The van der Waals surface area contributed by atoms with Crippen LogP contribution < -0.4 is 4.74 Å². The van der Waals surface area contributed by atoms with Crippen LogP contribution in [0.4, 0.5) is 8.78 Å². The highest BCUT2D eigenvalue weighted by Crippen LogP contribution is 2.53. The van der Waals surface area contributed by atoms with E-state index in [1.54, 1.807) is 53.3 Å². The third-order valence-electron chi connectivity index (χ3n) is 7.87. The molecular formula is C26H22F2N6O3. The topological polar surface area (TPSA) is 106 Å². The molecule has 1 fully saturated rings. The third kappa shape index (κ3) is 3.19. The van der Waals surface area contributed by atoms with Gasteiger partial charge in [-0.25, -0.2) is 19.5 Å². The number of aliphatic hydroxyl groups is 1. The fourth-order valence-electron chi connectivity index (χ4n) is 5.82. The summed E-state index contributed by atoms with van der Waals surface area (Å²) in [5, 5.41) is 15.3. The van der Waals surface area contributed by atoms with Crippen molar-refractivity contribution in [2.24, 2.45) is 0 Å². The van der Waals surface area contributed by atoms with Gasteiger partial charge in [-0.15, -0.1) is 0 Å². The number of rotatable bonds is 4. The van der Waals surface area contributed by atoms with Crippen molar-refractivity contribution in [3.05, 3.63) is 71.1 Å². The third-order valence-corrected chi connectivity index (χ3v) is 7.87. The minimum absolute atomic E-state index is 0.0128. The van der Waals surface area contributed by atoms with Crippen LogP contribution in [-0.4, -0.2) is 54.1 Å². The molecule has 0 saturated heterocycles. The van der Waals surface area contributed by atoms with Gasteiger partial charge in [0.15, 0.2) is 11.5 Å². The SMILES string of the molecule is CN1C(=O)c2cccc(OC(F)F)c2C2CC1c1nn3ccc(-c4cnc(C5(O)CCC5)nc4)nc3c12. The summed E-state index contributed by atoms with van der Waals surface area (Å²) in [7, 11) is 1.70. The van der Waals surface area contributed by atoms with Crippen molar-refractivity contribution in [1.82, 2.24) is 29.5 Å². The van der Waals surface area contributed by atoms with Crippen LogP contribution in [0.2, 0.25) is 0 Å². The van der Waals surface area contributed by atoms with Crippen LogP contribution in [0.15, 0.2) is 42.9 Å². The van der Waals surface area contributed by atoms with Gasteiger partial charge in [0.2, 0.25) is 0 Å². The molecule has 3 aromatic heterocycles. The van der Waals surface area contributed by atoms with Crippen molar-refractivity contribution < 1.29 is 23.4 Å². The van der Waals surface area contributed by atoms with E-state index in [-0.39, 0.29) is 17.7 Å². The number of ether oxygens (including phenoxy) is 1. The molecule has 4 heterocycles. The lowest BCUT2D eigenvalue weighted by molar-refractivity contribution is -0.0506. The van der Waals surface area contributed by atoms with Crippen molar-refractivity contribution >= 4 is 11.6 Å². The highest BCUT2D eigenvalue weighted by atomic mass is 19.3. The lowest BCUT2D eigenvalue weighted by Gasteiger charge is -2.34. The second-order valence-corrected chi connectivity index (χ2v) is 9.88. The van der Waals surface area contributed by atoms with Crippen LogP contribution in [0.5, 0.6) is 5.75 Å². The van der Waals surface area contributed by atoms with Gasteiger partial charge in [0.05, 0.1) is 17.4 Å². The fourth-order valence-corrected chi connectivity index (χ4v) is 5.82. The normalized spacial score (nSPS) is 21.5. The first-order valence-electron chi connectivity index (χ1n) is 12.1. The van der Waals surface area contributed by atoms with Gasteiger partial charge < -0.3 is 14.7 Å². The van der Waals surface area contributed by atoms with Crippen LogP contribution in [-0.2, 0) is 5.60 Å². The summed E-state index contributed by atoms with van der Waals surface area (Å²) in [5.74, 6) is -0.259. The van der Waals surface area contributed by atoms with Crippen molar-refractivity contribution in [1.29, 1.82) is 0 Å². The highest BCUT2D eigenvalue weighted by molar-refractivity contribution is 5.98. The zero-order valence-electron chi connectivity index (χ0n) is 19.8. The highest BCUT2D eigenvalue weighted by Gasteiger charge is 2.46. The summed E-state index contributed by atoms with van der Waals surface area (Å²) >= 11 is 0. The van der Waals surface area contributed by atoms with Crippen molar-refractivity contribution in [3.8, 4) is 17.0 Å². The van der Waals surface area contributed by atoms with E-state index < -0.39 is 18.1 Å². The van der Waals surface area contributed by atoms with Crippen molar-refractivity contribution in [2.45, 2.75) is 49.9 Å². The molecule has 37 heavy (non-hydrogen) atoms. The first-order valence-corrected chi connectivity index (χ1v) is 12.1. The summed E-state index contributed by atoms with van der Waals surface area (Å²) in [6, 6.07) is 6.14. The van der Waals surface area contributed by atoms with Crippen LogP contribution in [0, 0.1) is 0 Å². The van der Waals surface area contributed by atoms with Crippen LogP contribution in [0.3, 0.4) is 0 Å². The van der Waals surface area contributed by atoms with E-state index >= 15 is 0 Å². The molecule has 0 spiro atoms. The number of hydrogen-bond acceptors (Lipinski definition) is 7. The van der Waals surface area contributed by atoms with E-state index in [9.17, 15) is 18.7 Å². The van der Waals surface area contributed by atoms with E-state index in [1.165, 1.54) is 6.07 Å². The van der Waals surface area contributed by atoms with E-state index in [0.29, 0.717) is 58.8 Å². The Bertz CT molecular complexity index is 1570. The predicted octanol–water partition coefficient (Wildman–Crippen LogP) is 3.82. The Balaban J connectivity index is 1.37. The number of benzene rings is 1. The van der Waals surface area contributed by atoms with Crippen molar-refractivity contribution in [2.75, 3.05) is 7.05 Å². The Morgan fingerprint density at radius 3 is 2.65 bits per heavy atom. The molecule has 1 aliphatic heterocycles. The molecule has 2 bridgehead atoms. The molecule has 188 valence electrons. The number of nitrogens with zero attached hydrogens (tertiary/aromatic N) is 6. The molecule has 9 nitrogen and oxygen atoms in total. The molecule has 1 N–H and O–H groups in total. The Morgan fingerprint density at radius 1 is 1.16 bits per heavy atom. The first-order chi connectivity index (χ1) is 17.8. The number of fused-ring (bicyclic) bond motifs is 9.